The lowest BCUT2D eigenvalue weighted by Gasteiger charge is -2.38. The minimum absolute atomic E-state index is 0.222. The molecule has 0 radical (unpaired) electrons. The summed E-state index contributed by atoms with van der Waals surface area (Å²) in [6, 6.07) is 12.5. The number of rotatable bonds is 2. The number of aldehydes is 1. The molecule has 0 bridgehead atoms. The first-order valence-electron chi connectivity index (χ1n) is 5.90. The maximum atomic E-state index is 11.4. The van der Waals surface area contributed by atoms with Crippen molar-refractivity contribution in [3.8, 4) is 0 Å². The smallest absolute Gasteiger partial charge is 0.130 e. The van der Waals surface area contributed by atoms with Crippen LogP contribution in [0.2, 0.25) is 0 Å². The van der Waals surface area contributed by atoms with Crippen molar-refractivity contribution in [3.05, 3.63) is 46.4 Å². The summed E-state index contributed by atoms with van der Waals surface area (Å²) in [7, 11) is 0. The summed E-state index contributed by atoms with van der Waals surface area (Å²) in [5.41, 5.74) is 0.970. The van der Waals surface area contributed by atoms with Gasteiger partial charge in [0, 0.05) is 4.47 Å². The van der Waals surface area contributed by atoms with Crippen LogP contribution in [0.5, 0.6) is 0 Å². The Labute approximate surface area is 109 Å². The Kier molecular flexibility index (Phi) is 2.55. The first kappa shape index (κ1) is 11.0. The quantitative estimate of drug-likeness (QED) is 0.756. The molecule has 0 spiro atoms. The molecule has 1 aliphatic rings. The molecular formula is C15H13BrO. The van der Waals surface area contributed by atoms with Gasteiger partial charge in [0.05, 0.1) is 5.41 Å². The van der Waals surface area contributed by atoms with E-state index in [0.29, 0.717) is 0 Å². The summed E-state index contributed by atoms with van der Waals surface area (Å²) in [5.74, 6) is 0. The highest BCUT2D eigenvalue weighted by Gasteiger charge is 2.39. The van der Waals surface area contributed by atoms with E-state index in [2.05, 4.69) is 46.3 Å². The highest BCUT2D eigenvalue weighted by Crippen LogP contribution is 2.44. The van der Waals surface area contributed by atoms with Gasteiger partial charge >= 0.3 is 0 Å². The van der Waals surface area contributed by atoms with Crippen LogP contribution in [0.25, 0.3) is 10.8 Å². The molecule has 1 fully saturated rings. The molecule has 2 aromatic rings. The molecule has 17 heavy (non-hydrogen) atoms. The molecule has 1 saturated carbocycles. The molecule has 0 aliphatic heterocycles. The van der Waals surface area contributed by atoms with Crippen molar-refractivity contribution in [2.24, 2.45) is 0 Å². The van der Waals surface area contributed by atoms with E-state index in [1.54, 1.807) is 0 Å². The maximum absolute atomic E-state index is 11.4. The Morgan fingerprint density at radius 2 is 2.00 bits per heavy atom. The Balaban J connectivity index is 2.28. The summed E-state index contributed by atoms with van der Waals surface area (Å²) < 4.78 is 1.07. The summed E-state index contributed by atoms with van der Waals surface area (Å²) in [4.78, 5) is 11.4. The van der Waals surface area contributed by atoms with Crippen LogP contribution in [0.1, 0.15) is 24.8 Å². The first-order valence-corrected chi connectivity index (χ1v) is 6.70. The average molecular weight is 289 g/mol. The molecule has 0 N–H and O–H groups in total. The highest BCUT2D eigenvalue weighted by atomic mass is 79.9. The lowest BCUT2D eigenvalue weighted by molar-refractivity contribution is -0.115. The largest absolute Gasteiger partial charge is 0.302 e. The molecule has 0 amide bonds. The zero-order chi connectivity index (χ0) is 11.9. The second kappa shape index (κ2) is 3.95. The second-order valence-electron chi connectivity index (χ2n) is 4.80. The van der Waals surface area contributed by atoms with Crippen molar-refractivity contribution in [2.75, 3.05) is 0 Å². The van der Waals surface area contributed by atoms with Gasteiger partial charge in [0.15, 0.2) is 0 Å². The third kappa shape index (κ3) is 1.62. The van der Waals surface area contributed by atoms with Crippen LogP contribution in [0.4, 0.5) is 0 Å². The van der Waals surface area contributed by atoms with Gasteiger partial charge in [-0.25, -0.2) is 0 Å². The van der Waals surface area contributed by atoms with Crippen LogP contribution in [-0.2, 0) is 10.2 Å². The second-order valence-corrected chi connectivity index (χ2v) is 5.71. The van der Waals surface area contributed by atoms with E-state index in [1.807, 2.05) is 6.07 Å². The molecule has 0 atom stereocenters. The highest BCUT2D eigenvalue weighted by molar-refractivity contribution is 9.10. The molecule has 0 unspecified atom stereocenters. The molecule has 0 aromatic heterocycles. The molecule has 86 valence electrons. The van der Waals surface area contributed by atoms with Crippen LogP contribution >= 0.6 is 15.9 Å². The van der Waals surface area contributed by atoms with Crippen molar-refractivity contribution < 1.29 is 4.79 Å². The fraction of sp³-hybridized carbons (Fsp3) is 0.267. The van der Waals surface area contributed by atoms with Crippen molar-refractivity contribution in [1.29, 1.82) is 0 Å². The summed E-state index contributed by atoms with van der Waals surface area (Å²) in [6.07, 6.45) is 4.28. The Hall–Kier alpha value is -1.15. The first-order chi connectivity index (χ1) is 8.25. The van der Waals surface area contributed by atoms with Gasteiger partial charge < -0.3 is 4.79 Å². The van der Waals surface area contributed by atoms with E-state index in [1.165, 1.54) is 16.3 Å². The lowest BCUT2D eigenvalue weighted by Crippen LogP contribution is -2.35. The molecule has 2 aromatic carbocycles. The van der Waals surface area contributed by atoms with E-state index in [-0.39, 0.29) is 5.41 Å². The number of benzene rings is 2. The fourth-order valence-corrected chi connectivity index (χ4v) is 3.05. The van der Waals surface area contributed by atoms with Crippen molar-refractivity contribution >= 4 is 33.0 Å². The lowest BCUT2D eigenvalue weighted by atomic mass is 9.64. The van der Waals surface area contributed by atoms with E-state index in [0.717, 1.165) is 30.0 Å². The van der Waals surface area contributed by atoms with Crippen molar-refractivity contribution in [3.63, 3.8) is 0 Å². The predicted octanol–water partition coefficient (Wildman–Crippen LogP) is 4.22. The van der Waals surface area contributed by atoms with Gasteiger partial charge in [0.2, 0.25) is 0 Å². The van der Waals surface area contributed by atoms with Gasteiger partial charge in [-0.15, -0.1) is 0 Å². The third-order valence-corrected chi connectivity index (χ3v) is 4.35. The molecule has 2 heteroatoms. The topological polar surface area (TPSA) is 17.1 Å². The molecule has 3 rings (SSSR count). The Bertz CT molecular complexity index is 584. The number of halogens is 1. The van der Waals surface area contributed by atoms with Crippen molar-refractivity contribution in [2.45, 2.75) is 24.7 Å². The van der Waals surface area contributed by atoms with Gasteiger partial charge in [-0.3, -0.25) is 0 Å². The Morgan fingerprint density at radius 3 is 2.65 bits per heavy atom. The normalized spacial score (nSPS) is 17.7. The number of hydrogen-bond acceptors (Lipinski definition) is 1. The van der Waals surface area contributed by atoms with Gasteiger partial charge in [0.25, 0.3) is 0 Å². The monoisotopic (exact) mass is 288 g/mol. The summed E-state index contributed by atoms with van der Waals surface area (Å²) >= 11 is 3.51. The van der Waals surface area contributed by atoms with Gasteiger partial charge in [-0.2, -0.15) is 0 Å². The van der Waals surface area contributed by atoms with Crippen LogP contribution in [-0.4, -0.2) is 6.29 Å². The van der Waals surface area contributed by atoms with Crippen LogP contribution in [0.15, 0.2) is 40.9 Å². The summed E-state index contributed by atoms with van der Waals surface area (Å²) in [6.45, 7) is 0. The molecule has 0 heterocycles. The third-order valence-electron chi connectivity index (χ3n) is 3.85. The van der Waals surface area contributed by atoms with Gasteiger partial charge in [-0.05, 0) is 41.3 Å². The average Bonchev–Trinajstić information content (AvgIpc) is 2.29. The molecular weight excluding hydrogens is 276 g/mol. The minimum Gasteiger partial charge on any atom is -0.302 e. The van der Waals surface area contributed by atoms with E-state index >= 15 is 0 Å². The SMILES string of the molecule is O=CC1(c2cccc3ccc(Br)cc23)CCC1. The zero-order valence-electron chi connectivity index (χ0n) is 9.45. The van der Waals surface area contributed by atoms with E-state index in [9.17, 15) is 4.79 Å². The van der Waals surface area contributed by atoms with E-state index < -0.39 is 0 Å². The molecule has 1 nitrogen and oxygen atoms in total. The van der Waals surface area contributed by atoms with Crippen LogP contribution in [0, 0.1) is 0 Å². The molecule has 1 aliphatic carbocycles. The number of carbonyl (C=O) groups excluding carboxylic acids is 1. The fourth-order valence-electron chi connectivity index (χ4n) is 2.69. The predicted molar refractivity (Wildman–Crippen MR) is 73.2 cm³/mol. The standard InChI is InChI=1S/C15H13BrO/c16-12-6-5-11-3-1-4-14(13(11)9-12)15(10-17)7-2-8-15/h1,3-6,9-10H,2,7-8H2. The molecule has 0 saturated heterocycles. The summed E-state index contributed by atoms with van der Waals surface area (Å²) in [5, 5.41) is 2.41. The zero-order valence-corrected chi connectivity index (χ0v) is 11.0. The maximum Gasteiger partial charge on any atom is 0.130 e. The number of carbonyl (C=O) groups is 1. The van der Waals surface area contributed by atoms with Gasteiger partial charge in [0.1, 0.15) is 6.29 Å². The Morgan fingerprint density at radius 1 is 1.18 bits per heavy atom. The van der Waals surface area contributed by atoms with Crippen LogP contribution in [0.3, 0.4) is 0 Å². The van der Waals surface area contributed by atoms with Crippen LogP contribution < -0.4 is 0 Å². The van der Waals surface area contributed by atoms with Crippen molar-refractivity contribution in [1.82, 2.24) is 0 Å². The van der Waals surface area contributed by atoms with E-state index in [4.69, 9.17) is 0 Å². The minimum atomic E-state index is -0.222. The number of fused-ring (bicyclic) bond motifs is 1. The van der Waals surface area contributed by atoms with Gasteiger partial charge in [-0.1, -0.05) is 46.6 Å². The number of hydrogen-bond donors (Lipinski definition) is 0.